The molecule has 1 saturated heterocycles. The summed E-state index contributed by atoms with van der Waals surface area (Å²) in [6.07, 6.45) is 12.5. The van der Waals surface area contributed by atoms with Crippen molar-refractivity contribution in [1.82, 2.24) is 24.2 Å². The van der Waals surface area contributed by atoms with Crippen molar-refractivity contribution >= 4 is 34.4 Å². The van der Waals surface area contributed by atoms with Gasteiger partial charge in [-0.3, -0.25) is 9.88 Å². The van der Waals surface area contributed by atoms with E-state index in [2.05, 4.69) is 65.3 Å². The van der Waals surface area contributed by atoms with E-state index in [4.69, 9.17) is 0 Å². The molecule has 0 spiro atoms. The van der Waals surface area contributed by atoms with Gasteiger partial charge in [-0.05, 0) is 55.7 Å². The zero-order chi connectivity index (χ0) is 22.6. The summed E-state index contributed by atoms with van der Waals surface area (Å²) in [4.78, 5) is 16.2. The first-order valence-corrected chi connectivity index (χ1v) is 13.1. The lowest BCUT2D eigenvalue weighted by molar-refractivity contribution is 0.112. The number of hydrogen-bond acceptors (Lipinski definition) is 8. The van der Waals surface area contributed by atoms with E-state index in [-0.39, 0.29) is 11.0 Å². The zero-order valence-corrected chi connectivity index (χ0v) is 21.3. The van der Waals surface area contributed by atoms with Crippen LogP contribution in [0.2, 0.25) is 0 Å². The first-order chi connectivity index (χ1) is 16.2. The molecule has 6 N–H and O–H groups in total. The van der Waals surface area contributed by atoms with Crippen molar-refractivity contribution in [3.8, 4) is 11.1 Å². The van der Waals surface area contributed by atoms with Gasteiger partial charge in [-0.15, -0.1) is 0 Å². The molecule has 0 amide bonds. The Kier molecular flexibility index (Phi) is 9.64. The lowest BCUT2D eigenvalue weighted by Crippen LogP contribution is -2.49. The molecule has 1 aliphatic heterocycles. The molecule has 5 rings (SSSR count). The van der Waals surface area contributed by atoms with Crippen LogP contribution in [0.15, 0.2) is 43.0 Å². The first kappa shape index (κ1) is 27.1. The molecule has 0 unspecified atom stereocenters. The van der Waals surface area contributed by atoms with Crippen molar-refractivity contribution in [2.75, 3.05) is 50.1 Å². The highest BCUT2D eigenvalue weighted by molar-refractivity contribution is 7.96. The molecule has 3 aromatic rings. The second-order valence-electron chi connectivity index (χ2n) is 8.96. The topological polar surface area (TPSA) is 132 Å². The molecule has 0 atom stereocenters. The van der Waals surface area contributed by atoms with Crippen molar-refractivity contribution in [2.45, 2.75) is 37.8 Å². The van der Waals surface area contributed by atoms with Crippen LogP contribution in [0.4, 0.5) is 11.5 Å². The minimum Gasteiger partial charge on any atom is -0.412 e. The van der Waals surface area contributed by atoms with E-state index in [9.17, 15) is 0 Å². The number of anilines is 2. The van der Waals surface area contributed by atoms with Crippen LogP contribution >= 0.6 is 11.9 Å². The van der Waals surface area contributed by atoms with Crippen LogP contribution in [-0.2, 0) is 0 Å². The first-order valence-electron chi connectivity index (χ1n) is 11.9. The number of nitrogens with zero attached hydrogens (tertiary/aromatic N) is 5. The predicted molar refractivity (Wildman–Crippen MR) is 146 cm³/mol. The smallest absolute Gasteiger partial charge is 0.137 e. The van der Waals surface area contributed by atoms with Gasteiger partial charge in [0.1, 0.15) is 12.1 Å². The van der Waals surface area contributed by atoms with Crippen LogP contribution in [0.5, 0.6) is 0 Å². The maximum absolute atomic E-state index is 4.63. The lowest BCUT2D eigenvalue weighted by Gasteiger charge is -2.41. The molecule has 2 fully saturated rings. The van der Waals surface area contributed by atoms with Gasteiger partial charge in [0.15, 0.2) is 0 Å². The Morgan fingerprint density at radius 3 is 2.40 bits per heavy atom. The number of hydrogen-bond donors (Lipinski definition) is 2. The summed E-state index contributed by atoms with van der Waals surface area (Å²) in [6.45, 7) is 4.77. The van der Waals surface area contributed by atoms with E-state index >= 15 is 0 Å². The Bertz CT molecular complexity index is 1090. The van der Waals surface area contributed by atoms with Gasteiger partial charge in [-0.1, -0.05) is 18.0 Å². The maximum Gasteiger partial charge on any atom is 0.137 e. The molecule has 1 aliphatic carbocycles. The predicted octanol–water partition coefficient (Wildman–Crippen LogP) is 2.70. The van der Waals surface area contributed by atoms with Crippen molar-refractivity contribution in [1.29, 1.82) is 0 Å². The van der Waals surface area contributed by atoms with Crippen LogP contribution in [0.1, 0.15) is 25.7 Å². The molecule has 35 heavy (non-hydrogen) atoms. The summed E-state index contributed by atoms with van der Waals surface area (Å²) >= 11 is 1.88. The van der Waals surface area contributed by atoms with Crippen LogP contribution < -0.4 is 10.6 Å². The highest BCUT2D eigenvalue weighted by Crippen LogP contribution is 2.31. The SMILES string of the molecule is CNc1cncc(-c2ccc3ncnc(NC4CCC(N5CCN(SC)CC5)CC4)c3c2)c1.O.O. The molecule has 190 valence electrons. The number of rotatable bonds is 6. The highest BCUT2D eigenvalue weighted by atomic mass is 32.2. The molecular formula is C25H37N7O2S. The average Bonchev–Trinajstić information content (AvgIpc) is 2.89. The van der Waals surface area contributed by atoms with Crippen LogP contribution in [0.3, 0.4) is 0 Å². The Balaban J connectivity index is 0.00000171. The monoisotopic (exact) mass is 499 g/mol. The van der Waals surface area contributed by atoms with E-state index in [1.54, 1.807) is 6.33 Å². The summed E-state index contributed by atoms with van der Waals surface area (Å²) in [5.74, 6) is 0.941. The van der Waals surface area contributed by atoms with Crippen molar-refractivity contribution in [2.24, 2.45) is 0 Å². The Labute approximate surface area is 211 Å². The molecule has 9 nitrogen and oxygen atoms in total. The van der Waals surface area contributed by atoms with Gasteiger partial charge < -0.3 is 21.6 Å². The number of piperazine rings is 1. The minimum atomic E-state index is 0. The third kappa shape index (κ3) is 6.20. The normalized spacial score (nSPS) is 21.1. The molecule has 2 aromatic heterocycles. The zero-order valence-electron chi connectivity index (χ0n) is 20.5. The molecule has 0 bridgehead atoms. The fourth-order valence-corrected chi connectivity index (χ4v) is 5.64. The molecule has 10 heteroatoms. The maximum atomic E-state index is 4.63. The second kappa shape index (κ2) is 12.5. The summed E-state index contributed by atoms with van der Waals surface area (Å²) < 4.78 is 2.48. The quantitative estimate of drug-likeness (QED) is 0.495. The number of nitrogens with one attached hydrogen (secondary N) is 2. The number of fused-ring (bicyclic) bond motifs is 1. The van der Waals surface area contributed by atoms with Gasteiger partial charge >= 0.3 is 0 Å². The highest BCUT2D eigenvalue weighted by Gasteiger charge is 2.28. The summed E-state index contributed by atoms with van der Waals surface area (Å²) in [5, 5.41) is 7.99. The lowest BCUT2D eigenvalue weighted by atomic mass is 9.89. The Morgan fingerprint density at radius 1 is 0.914 bits per heavy atom. The second-order valence-corrected chi connectivity index (χ2v) is 9.85. The third-order valence-electron chi connectivity index (χ3n) is 7.08. The Hall–Kier alpha value is -2.50. The molecule has 2 aliphatic rings. The fourth-order valence-electron chi connectivity index (χ4n) is 5.12. The van der Waals surface area contributed by atoms with Gasteiger partial charge in [0.2, 0.25) is 0 Å². The van der Waals surface area contributed by atoms with Crippen LogP contribution in [0, 0.1) is 0 Å². The van der Waals surface area contributed by atoms with Gasteiger partial charge in [0, 0.05) is 68.7 Å². The standard InChI is InChI=1S/C25H33N7S.2H2O/c1-26-21-13-19(15-27-16-21)18-3-8-24-23(14-18)25(29-17-28-24)30-20-4-6-22(7-5-20)31-9-11-32(33-2)12-10-31;;/h3,8,13-17,20,22,26H,4-7,9-12H2,1-2H3,(H,28,29,30);2*1H2. The summed E-state index contributed by atoms with van der Waals surface area (Å²) in [6, 6.07) is 9.68. The average molecular weight is 500 g/mol. The number of benzene rings is 1. The van der Waals surface area contributed by atoms with Crippen LogP contribution in [0.25, 0.3) is 22.0 Å². The van der Waals surface area contributed by atoms with Crippen molar-refractivity contribution in [3.05, 3.63) is 43.0 Å². The largest absolute Gasteiger partial charge is 0.412 e. The molecule has 3 heterocycles. The summed E-state index contributed by atoms with van der Waals surface area (Å²) in [5.41, 5.74) is 4.18. The van der Waals surface area contributed by atoms with Crippen molar-refractivity contribution in [3.63, 3.8) is 0 Å². The van der Waals surface area contributed by atoms with E-state index in [1.165, 1.54) is 51.9 Å². The van der Waals surface area contributed by atoms with E-state index in [0.717, 1.165) is 39.6 Å². The van der Waals surface area contributed by atoms with Gasteiger partial charge in [-0.25, -0.2) is 14.3 Å². The van der Waals surface area contributed by atoms with Gasteiger partial charge in [-0.2, -0.15) is 0 Å². The van der Waals surface area contributed by atoms with E-state index in [1.807, 2.05) is 31.4 Å². The molecule has 1 saturated carbocycles. The summed E-state index contributed by atoms with van der Waals surface area (Å²) in [7, 11) is 1.91. The van der Waals surface area contributed by atoms with Gasteiger partial charge in [0.05, 0.1) is 11.2 Å². The molecule has 0 radical (unpaired) electrons. The third-order valence-corrected chi connectivity index (χ3v) is 7.96. The molecule has 1 aromatic carbocycles. The van der Waals surface area contributed by atoms with E-state index in [0.29, 0.717) is 6.04 Å². The number of pyridine rings is 1. The van der Waals surface area contributed by atoms with Gasteiger partial charge in [0.25, 0.3) is 0 Å². The van der Waals surface area contributed by atoms with Crippen LogP contribution in [-0.4, -0.2) is 86.7 Å². The van der Waals surface area contributed by atoms with E-state index < -0.39 is 0 Å². The number of aromatic nitrogens is 3. The fraction of sp³-hybridized carbons (Fsp3) is 0.480. The minimum absolute atomic E-state index is 0. The van der Waals surface area contributed by atoms with Crippen molar-refractivity contribution < 1.29 is 11.0 Å². The molecular weight excluding hydrogens is 462 g/mol. The Morgan fingerprint density at radius 2 is 1.69 bits per heavy atom.